The summed E-state index contributed by atoms with van der Waals surface area (Å²) in [5, 5.41) is 4.92. The lowest BCUT2D eigenvalue weighted by molar-refractivity contribution is -0.122. The molecule has 0 spiro atoms. The summed E-state index contributed by atoms with van der Waals surface area (Å²) in [7, 11) is 0. The average molecular weight is 283 g/mol. The van der Waals surface area contributed by atoms with Crippen LogP contribution in [0.15, 0.2) is 17.5 Å². The first-order valence-electron chi connectivity index (χ1n) is 6.83. The smallest absolute Gasteiger partial charge is 0.221 e. The van der Waals surface area contributed by atoms with Crippen molar-refractivity contribution in [3.63, 3.8) is 0 Å². The molecular weight excluding hydrogens is 258 g/mol. The molecule has 19 heavy (non-hydrogen) atoms. The van der Waals surface area contributed by atoms with Crippen LogP contribution in [0.25, 0.3) is 0 Å². The molecule has 108 valence electrons. The number of amides is 1. The molecule has 0 saturated carbocycles. The lowest BCUT2D eigenvalue weighted by atomic mass is 10.1. The average Bonchev–Trinajstić information content (AvgIpc) is 2.86. The summed E-state index contributed by atoms with van der Waals surface area (Å²) in [4.78, 5) is 15.4. The van der Waals surface area contributed by atoms with Crippen molar-refractivity contribution in [2.24, 2.45) is 5.73 Å². The van der Waals surface area contributed by atoms with Crippen molar-refractivity contribution in [3.8, 4) is 0 Å². The second-order valence-corrected chi connectivity index (χ2v) is 5.92. The Balaban J connectivity index is 2.68. The maximum atomic E-state index is 11.8. The van der Waals surface area contributed by atoms with Crippen molar-refractivity contribution in [2.75, 3.05) is 13.1 Å². The molecule has 0 bridgehead atoms. The molecule has 1 amide bonds. The lowest BCUT2D eigenvalue weighted by Crippen LogP contribution is -2.46. The highest BCUT2D eigenvalue weighted by atomic mass is 32.1. The van der Waals surface area contributed by atoms with Crippen molar-refractivity contribution >= 4 is 17.2 Å². The first kappa shape index (κ1) is 16.1. The van der Waals surface area contributed by atoms with Gasteiger partial charge in [-0.3, -0.25) is 9.69 Å². The van der Waals surface area contributed by atoms with Gasteiger partial charge in [0.1, 0.15) is 0 Å². The van der Waals surface area contributed by atoms with Crippen LogP contribution in [-0.4, -0.2) is 36.0 Å². The van der Waals surface area contributed by atoms with E-state index in [1.165, 1.54) is 4.88 Å². The normalized spacial score (nSPS) is 12.9. The summed E-state index contributed by atoms with van der Waals surface area (Å²) in [6.45, 7) is 8.25. The monoisotopic (exact) mass is 283 g/mol. The Hall–Kier alpha value is -0.910. The van der Waals surface area contributed by atoms with E-state index in [0.717, 1.165) is 6.54 Å². The Kier molecular flexibility index (Phi) is 7.05. The van der Waals surface area contributed by atoms with Crippen molar-refractivity contribution < 1.29 is 4.79 Å². The minimum absolute atomic E-state index is 0.0785. The summed E-state index contributed by atoms with van der Waals surface area (Å²) in [6, 6.07) is 4.64. The van der Waals surface area contributed by atoms with Gasteiger partial charge < -0.3 is 11.1 Å². The topological polar surface area (TPSA) is 58.4 Å². The minimum atomic E-state index is 0.0785. The Bertz CT molecular complexity index is 365. The number of thiophene rings is 1. The van der Waals surface area contributed by atoms with E-state index in [1.54, 1.807) is 11.3 Å². The molecule has 3 N–H and O–H groups in total. The third-order valence-corrected chi connectivity index (χ3v) is 3.98. The van der Waals surface area contributed by atoms with E-state index in [1.807, 2.05) is 6.92 Å². The van der Waals surface area contributed by atoms with Gasteiger partial charge >= 0.3 is 0 Å². The van der Waals surface area contributed by atoms with E-state index >= 15 is 0 Å². The van der Waals surface area contributed by atoms with Gasteiger partial charge in [-0.15, -0.1) is 11.3 Å². The molecule has 5 heteroatoms. The zero-order valence-electron chi connectivity index (χ0n) is 12.1. The van der Waals surface area contributed by atoms with E-state index in [4.69, 9.17) is 5.73 Å². The Morgan fingerprint density at radius 3 is 2.74 bits per heavy atom. The molecule has 1 aromatic heterocycles. The zero-order valence-corrected chi connectivity index (χ0v) is 12.9. The van der Waals surface area contributed by atoms with Crippen LogP contribution in [0.2, 0.25) is 0 Å². The number of rotatable bonds is 8. The summed E-state index contributed by atoms with van der Waals surface area (Å²) in [5.41, 5.74) is 5.87. The molecule has 0 aliphatic carbocycles. The molecule has 0 saturated heterocycles. The first-order valence-corrected chi connectivity index (χ1v) is 7.71. The molecule has 1 aromatic rings. The van der Waals surface area contributed by atoms with Gasteiger partial charge in [-0.2, -0.15) is 0 Å². The van der Waals surface area contributed by atoms with Crippen molar-refractivity contribution in [1.29, 1.82) is 0 Å². The fraction of sp³-hybridized carbons (Fsp3) is 0.643. The second kappa shape index (κ2) is 8.30. The molecule has 4 nitrogen and oxygen atoms in total. The van der Waals surface area contributed by atoms with E-state index < -0.39 is 0 Å². The number of nitrogens with one attached hydrogen (secondary N) is 1. The lowest BCUT2D eigenvalue weighted by Gasteiger charge is -2.33. The SMILES string of the molecule is CCNC(=O)CC(CN)N(Cc1cccs1)C(C)C. The number of hydrogen-bond donors (Lipinski definition) is 2. The van der Waals surface area contributed by atoms with Gasteiger partial charge in [0, 0.05) is 43.0 Å². The van der Waals surface area contributed by atoms with Crippen LogP contribution in [0.5, 0.6) is 0 Å². The maximum absolute atomic E-state index is 11.8. The molecule has 1 rings (SSSR count). The third kappa shape index (κ3) is 5.30. The molecule has 1 atom stereocenters. The molecular formula is C14H25N3OS. The second-order valence-electron chi connectivity index (χ2n) is 4.89. The Morgan fingerprint density at radius 1 is 1.53 bits per heavy atom. The number of hydrogen-bond acceptors (Lipinski definition) is 4. The van der Waals surface area contributed by atoms with Crippen LogP contribution in [0.4, 0.5) is 0 Å². The largest absolute Gasteiger partial charge is 0.356 e. The summed E-state index contributed by atoms with van der Waals surface area (Å²) < 4.78 is 0. The molecule has 0 aromatic carbocycles. The number of carbonyl (C=O) groups is 1. The van der Waals surface area contributed by atoms with Crippen LogP contribution in [0.3, 0.4) is 0 Å². The first-order chi connectivity index (χ1) is 9.08. The van der Waals surface area contributed by atoms with Gasteiger partial charge in [0.25, 0.3) is 0 Å². The van der Waals surface area contributed by atoms with Crippen molar-refractivity contribution in [2.45, 2.75) is 45.8 Å². The quantitative estimate of drug-likeness (QED) is 0.765. The van der Waals surface area contributed by atoms with Crippen LogP contribution in [0.1, 0.15) is 32.1 Å². The fourth-order valence-electron chi connectivity index (χ4n) is 2.14. The van der Waals surface area contributed by atoms with Crippen LogP contribution in [-0.2, 0) is 11.3 Å². The van der Waals surface area contributed by atoms with Gasteiger partial charge in [0.2, 0.25) is 5.91 Å². The molecule has 0 fully saturated rings. The van der Waals surface area contributed by atoms with Gasteiger partial charge in [0.05, 0.1) is 0 Å². The molecule has 0 aliphatic heterocycles. The number of carbonyl (C=O) groups excluding carboxylic acids is 1. The highest BCUT2D eigenvalue weighted by Crippen LogP contribution is 2.17. The third-order valence-electron chi connectivity index (χ3n) is 3.12. The standard InChI is InChI=1S/C14H25N3OS/c1-4-16-14(18)8-12(9-15)17(11(2)3)10-13-6-5-7-19-13/h5-7,11-12H,4,8-10,15H2,1-3H3,(H,16,18). The van der Waals surface area contributed by atoms with Crippen LogP contribution < -0.4 is 11.1 Å². The van der Waals surface area contributed by atoms with Gasteiger partial charge in [-0.1, -0.05) is 6.07 Å². The van der Waals surface area contributed by atoms with Crippen LogP contribution in [0, 0.1) is 0 Å². The predicted octanol–water partition coefficient (Wildman–Crippen LogP) is 1.81. The van der Waals surface area contributed by atoms with E-state index in [2.05, 4.69) is 41.6 Å². The van der Waals surface area contributed by atoms with E-state index in [-0.39, 0.29) is 11.9 Å². The number of nitrogens with zero attached hydrogens (tertiary/aromatic N) is 1. The Labute approximate surface area is 120 Å². The fourth-order valence-corrected chi connectivity index (χ4v) is 2.85. The molecule has 1 heterocycles. The highest BCUT2D eigenvalue weighted by Gasteiger charge is 2.23. The van der Waals surface area contributed by atoms with Crippen LogP contribution >= 0.6 is 11.3 Å². The van der Waals surface area contributed by atoms with Gasteiger partial charge in [-0.05, 0) is 32.2 Å². The van der Waals surface area contributed by atoms with E-state index in [9.17, 15) is 4.79 Å². The molecule has 1 unspecified atom stereocenters. The van der Waals surface area contributed by atoms with Gasteiger partial charge in [-0.25, -0.2) is 0 Å². The molecule has 0 radical (unpaired) electrons. The number of nitrogens with two attached hydrogens (primary N) is 1. The Morgan fingerprint density at radius 2 is 2.26 bits per heavy atom. The van der Waals surface area contributed by atoms with Crippen molar-refractivity contribution in [3.05, 3.63) is 22.4 Å². The minimum Gasteiger partial charge on any atom is -0.356 e. The maximum Gasteiger partial charge on any atom is 0.221 e. The van der Waals surface area contributed by atoms with Crippen molar-refractivity contribution in [1.82, 2.24) is 10.2 Å². The summed E-state index contributed by atoms with van der Waals surface area (Å²) in [5.74, 6) is 0.0785. The predicted molar refractivity (Wildman–Crippen MR) is 81.1 cm³/mol. The summed E-state index contributed by atoms with van der Waals surface area (Å²) in [6.07, 6.45) is 0.466. The van der Waals surface area contributed by atoms with Gasteiger partial charge in [0.15, 0.2) is 0 Å². The zero-order chi connectivity index (χ0) is 14.3. The highest BCUT2D eigenvalue weighted by molar-refractivity contribution is 7.09. The van der Waals surface area contributed by atoms with E-state index in [0.29, 0.717) is 25.6 Å². The summed E-state index contributed by atoms with van der Waals surface area (Å²) >= 11 is 1.74. The molecule has 0 aliphatic rings.